The van der Waals surface area contributed by atoms with Crippen LogP contribution in [0.2, 0.25) is 0 Å². The molecule has 3 nitrogen and oxygen atoms in total. The summed E-state index contributed by atoms with van der Waals surface area (Å²) in [4.78, 5) is 13.6. The summed E-state index contributed by atoms with van der Waals surface area (Å²) in [6.45, 7) is 1.10. The molecule has 1 atom stereocenters. The Labute approximate surface area is 91.9 Å². The molecule has 0 radical (unpaired) electrons. The summed E-state index contributed by atoms with van der Waals surface area (Å²) in [5, 5.41) is 9.77. The van der Waals surface area contributed by atoms with E-state index in [1.54, 1.807) is 11.3 Å². The summed E-state index contributed by atoms with van der Waals surface area (Å²) in [6, 6.07) is 3.99. The minimum atomic E-state index is -0.968. The van der Waals surface area contributed by atoms with Crippen molar-refractivity contribution in [2.24, 2.45) is 0 Å². The molecule has 1 unspecified atom stereocenters. The fraction of sp³-hybridized carbons (Fsp3) is 0.444. The molecule has 1 aromatic heterocycles. The third-order valence-corrected chi connectivity index (χ3v) is 2.93. The number of hydrogen-bond acceptors (Lipinski definition) is 3. The molecule has 1 heterocycles. The normalized spacial score (nSPS) is 13.1. The largest absolute Gasteiger partial charge is 0.480 e. The Morgan fingerprint density at radius 1 is 1.79 bits per heavy atom. The first-order chi connectivity index (χ1) is 6.59. The monoisotopic (exact) mass is 233 g/mol. The zero-order valence-electron chi connectivity index (χ0n) is 7.81. The second-order valence-corrected chi connectivity index (χ2v) is 4.64. The first-order valence-corrected chi connectivity index (χ1v) is 5.49. The predicted molar refractivity (Wildman–Crippen MR) is 57.9 cm³/mol. The fourth-order valence-electron chi connectivity index (χ4n) is 1.08. The molecule has 5 heteroatoms. The SMILES string of the molecule is CN(Cc1cccs1)CC(Cl)C(=O)O. The van der Waals surface area contributed by atoms with Gasteiger partial charge in [-0.3, -0.25) is 9.69 Å². The molecular formula is C9H12ClNO2S. The van der Waals surface area contributed by atoms with Crippen molar-refractivity contribution in [3.8, 4) is 0 Å². The number of thiophene rings is 1. The van der Waals surface area contributed by atoms with E-state index in [-0.39, 0.29) is 0 Å². The fourth-order valence-corrected chi connectivity index (χ4v) is 2.10. The van der Waals surface area contributed by atoms with E-state index in [0.717, 1.165) is 6.54 Å². The van der Waals surface area contributed by atoms with E-state index in [1.165, 1.54) is 4.88 Å². The van der Waals surface area contributed by atoms with E-state index in [4.69, 9.17) is 16.7 Å². The Kier molecular flexibility index (Phi) is 4.38. The van der Waals surface area contributed by atoms with Crippen molar-refractivity contribution < 1.29 is 9.90 Å². The Balaban J connectivity index is 2.36. The van der Waals surface area contributed by atoms with Crippen molar-refractivity contribution in [3.05, 3.63) is 22.4 Å². The van der Waals surface area contributed by atoms with E-state index < -0.39 is 11.3 Å². The molecule has 0 bridgehead atoms. The Morgan fingerprint density at radius 3 is 3.00 bits per heavy atom. The summed E-state index contributed by atoms with van der Waals surface area (Å²) in [5.74, 6) is -0.968. The van der Waals surface area contributed by atoms with Gasteiger partial charge in [-0.1, -0.05) is 6.07 Å². The lowest BCUT2D eigenvalue weighted by molar-refractivity contribution is -0.136. The topological polar surface area (TPSA) is 40.5 Å². The molecule has 0 saturated carbocycles. The van der Waals surface area contributed by atoms with Crippen LogP contribution in [0, 0.1) is 0 Å². The lowest BCUT2D eigenvalue weighted by Gasteiger charge is -2.16. The summed E-state index contributed by atoms with van der Waals surface area (Å²) < 4.78 is 0. The zero-order chi connectivity index (χ0) is 10.6. The van der Waals surface area contributed by atoms with Crippen LogP contribution < -0.4 is 0 Å². The van der Waals surface area contributed by atoms with E-state index in [9.17, 15) is 4.79 Å². The second kappa shape index (κ2) is 5.34. The van der Waals surface area contributed by atoms with Gasteiger partial charge in [0.2, 0.25) is 0 Å². The van der Waals surface area contributed by atoms with Gasteiger partial charge in [0.05, 0.1) is 0 Å². The van der Waals surface area contributed by atoms with Crippen LogP contribution in [0.4, 0.5) is 0 Å². The standard InChI is InChI=1S/C9H12ClNO2S/c1-11(6-8(10)9(12)13)5-7-3-2-4-14-7/h2-4,8H,5-6H2,1H3,(H,12,13). The Hall–Kier alpha value is -0.580. The Bertz CT molecular complexity index is 289. The number of halogens is 1. The summed E-state index contributed by atoms with van der Waals surface area (Å²) >= 11 is 7.27. The van der Waals surface area contributed by atoms with Gasteiger partial charge in [-0.05, 0) is 18.5 Å². The number of aliphatic carboxylic acids is 1. The highest BCUT2D eigenvalue weighted by Gasteiger charge is 2.15. The maximum atomic E-state index is 10.5. The molecule has 1 rings (SSSR count). The molecule has 0 saturated heterocycles. The summed E-state index contributed by atoms with van der Waals surface area (Å²) in [5.41, 5.74) is 0. The molecular weight excluding hydrogens is 222 g/mol. The Morgan fingerprint density at radius 2 is 2.50 bits per heavy atom. The van der Waals surface area contributed by atoms with Crippen molar-refractivity contribution in [3.63, 3.8) is 0 Å². The molecule has 1 N–H and O–H groups in total. The molecule has 0 spiro atoms. The highest BCUT2D eigenvalue weighted by molar-refractivity contribution is 7.09. The van der Waals surface area contributed by atoms with E-state index in [0.29, 0.717) is 6.54 Å². The first kappa shape index (κ1) is 11.5. The van der Waals surface area contributed by atoms with E-state index >= 15 is 0 Å². The van der Waals surface area contributed by atoms with Gasteiger partial charge in [0.25, 0.3) is 0 Å². The maximum Gasteiger partial charge on any atom is 0.322 e. The average molecular weight is 234 g/mol. The number of carbonyl (C=O) groups is 1. The minimum Gasteiger partial charge on any atom is -0.480 e. The van der Waals surface area contributed by atoms with Crippen molar-refractivity contribution in [2.45, 2.75) is 11.9 Å². The molecule has 0 aliphatic rings. The van der Waals surface area contributed by atoms with Gasteiger partial charge >= 0.3 is 5.97 Å². The number of carboxylic acids is 1. The van der Waals surface area contributed by atoms with Crippen LogP contribution in [0.25, 0.3) is 0 Å². The van der Waals surface area contributed by atoms with E-state index in [1.807, 2.05) is 29.5 Å². The van der Waals surface area contributed by atoms with Crippen molar-refractivity contribution in [2.75, 3.05) is 13.6 Å². The zero-order valence-corrected chi connectivity index (χ0v) is 9.38. The van der Waals surface area contributed by atoms with Crippen molar-refractivity contribution in [1.29, 1.82) is 0 Å². The number of hydrogen-bond donors (Lipinski definition) is 1. The van der Waals surface area contributed by atoms with Gasteiger partial charge in [0.1, 0.15) is 5.38 Å². The number of nitrogens with zero attached hydrogens (tertiary/aromatic N) is 1. The summed E-state index contributed by atoms with van der Waals surface area (Å²) in [6.07, 6.45) is 0. The summed E-state index contributed by atoms with van der Waals surface area (Å²) in [7, 11) is 1.86. The second-order valence-electron chi connectivity index (χ2n) is 3.08. The number of alkyl halides is 1. The third-order valence-electron chi connectivity index (χ3n) is 1.75. The molecule has 0 aliphatic carbocycles. The van der Waals surface area contributed by atoms with Crippen LogP contribution in [-0.2, 0) is 11.3 Å². The van der Waals surface area contributed by atoms with Crippen LogP contribution in [0.5, 0.6) is 0 Å². The van der Waals surface area contributed by atoms with Gasteiger partial charge in [0.15, 0.2) is 0 Å². The van der Waals surface area contributed by atoms with Gasteiger partial charge in [-0.25, -0.2) is 0 Å². The predicted octanol–water partition coefficient (Wildman–Crippen LogP) is 1.87. The lowest BCUT2D eigenvalue weighted by atomic mass is 10.3. The van der Waals surface area contributed by atoms with Crippen LogP contribution >= 0.6 is 22.9 Å². The molecule has 0 aromatic carbocycles. The first-order valence-electron chi connectivity index (χ1n) is 4.17. The molecule has 0 fully saturated rings. The van der Waals surface area contributed by atoms with Crippen LogP contribution in [0.15, 0.2) is 17.5 Å². The highest BCUT2D eigenvalue weighted by atomic mass is 35.5. The van der Waals surface area contributed by atoms with Crippen LogP contribution in [0.3, 0.4) is 0 Å². The highest BCUT2D eigenvalue weighted by Crippen LogP contribution is 2.11. The maximum absolute atomic E-state index is 10.5. The van der Waals surface area contributed by atoms with Gasteiger partial charge in [-0.15, -0.1) is 22.9 Å². The third kappa shape index (κ3) is 3.65. The van der Waals surface area contributed by atoms with Crippen molar-refractivity contribution in [1.82, 2.24) is 4.90 Å². The number of carboxylic acid groups (broad SMARTS) is 1. The number of rotatable bonds is 5. The van der Waals surface area contributed by atoms with Crippen LogP contribution in [-0.4, -0.2) is 34.9 Å². The quantitative estimate of drug-likeness (QED) is 0.790. The van der Waals surface area contributed by atoms with Gasteiger partial charge in [0, 0.05) is 18.0 Å². The molecule has 0 aliphatic heterocycles. The lowest BCUT2D eigenvalue weighted by Crippen LogP contribution is -2.30. The molecule has 1 aromatic rings. The molecule has 0 amide bonds. The van der Waals surface area contributed by atoms with Crippen LogP contribution in [0.1, 0.15) is 4.88 Å². The molecule has 14 heavy (non-hydrogen) atoms. The van der Waals surface area contributed by atoms with Gasteiger partial charge in [-0.2, -0.15) is 0 Å². The van der Waals surface area contributed by atoms with Gasteiger partial charge < -0.3 is 5.11 Å². The smallest absolute Gasteiger partial charge is 0.322 e. The van der Waals surface area contributed by atoms with Crippen molar-refractivity contribution >= 4 is 28.9 Å². The average Bonchev–Trinajstić information content (AvgIpc) is 2.56. The minimum absolute atomic E-state index is 0.356. The van der Waals surface area contributed by atoms with E-state index in [2.05, 4.69) is 0 Å². The molecule has 78 valence electrons.